The molecule has 0 saturated carbocycles. The van der Waals surface area contributed by atoms with E-state index >= 15 is 0 Å². The van der Waals surface area contributed by atoms with E-state index in [0.29, 0.717) is 0 Å². The lowest BCUT2D eigenvalue weighted by molar-refractivity contribution is 0.759. The summed E-state index contributed by atoms with van der Waals surface area (Å²) >= 11 is 0. The van der Waals surface area contributed by atoms with Crippen LogP contribution in [0.5, 0.6) is 0 Å². The maximum absolute atomic E-state index is 4.17. The Balaban J connectivity index is 0. The largest absolute Gasteiger partial charge is 0.344 e. The average Bonchev–Trinajstić information content (AvgIpc) is 2.18. The van der Waals surface area contributed by atoms with Gasteiger partial charge in [0.2, 0.25) is 0 Å². The fraction of sp³-hybridized carbons (Fsp3) is 0.571. The third-order valence-corrected chi connectivity index (χ3v) is 1.39. The molecule has 0 unspecified atom stereocenters. The Hall–Kier alpha value is -0.350. The van der Waals surface area contributed by atoms with E-state index in [0.717, 1.165) is 6.42 Å². The van der Waals surface area contributed by atoms with Crippen molar-refractivity contribution in [3.63, 3.8) is 0 Å². The minimum absolute atomic E-state index is 0. The number of halogens is 1. The van der Waals surface area contributed by atoms with Gasteiger partial charge in [0.1, 0.15) is 5.82 Å². The van der Waals surface area contributed by atoms with Crippen LogP contribution in [0.15, 0.2) is 12.4 Å². The Morgan fingerprint density at radius 1 is 1.55 bits per heavy atom. The van der Waals surface area contributed by atoms with Crippen molar-refractivity contribution in [2.45, 2.75) is 19.8 Å². The van der Waals surface area contributed by atoms with Crippen molar-refractivity contribution in [1.82, 2.24) is 15.7 Å². The second kappa shape index (κ2) is 6.37. The van der Waals surface area contributed by atoms with Gasteiger partial charge in [-0.25, -0.2) is 4.98 Å². The summed E-state index contributed by atoms with van der Waals surface area (Å²) < 4.78 is 2.06. The lowest BCUT2D eigenvalue weighted by Gasteiger charge is -1.95. The molecule has 66 valence electrons. The van der Waals surface area contributed by atoms with E-state index in [1.54, 1.807) is 0 Å². The van der Waals surface area contributed by atoms with Gasteiger partial charge in [-0.2, -0.15) is 0 Å². The van der Waals surface area contributed by atoms with Crippen molar-refractivity contribution in [2.75, 3.05) is 0 Å². The summed E-state index contributed by atoms with van der Waals surface area (Å²) in [5.41, 5.74) is 0. The van der Waals surface area contributed by atoms with Crippen LogP contribution in [0.3, 0.4) is 0 Å². The summed E-state index contributed by atoms with van der Waals surface area (Å²) in [6, 6.07) is 0. The monoisotopic (exact) mass is 221 g/mol. The average molecular weight is 222 g/mol. The Morgan fingerprint density at radius 2 is 2.18 bits per heavy atom. The Labute approximate surface area is 78.2 Å². The molecule has 1 aromatic heterocycles. The van der Waals surface area contributed by atoms with Gasteiger partial charge in [-0.05, 0) is 6.42 Å². The highest BCUT2D eigenvalue weighted by atomic mass is 79.9. The zero-order valence-corrected chi connectivity index (χ0v) is 8.79. The Kier molecular flexibility index (Phi) is 7.67. The standard InChI is InChI=1S/C7H12N2.BrH.H3N/c1-3-4-7-8-5-6-9(7)2;;/h5-6H,3-4H2,1-2H3;1H;1H3. The minimum Gasteiger partial charge on any atom is -0.344 e. The van der Waals surface area contributed by atoms with E-state index in [2.05, 4.69) is 16.5 Å². The third-order valence-electron chi connectivity index (χ3n) is 1.39. The molecule has 0 spiro atoms. The fourth-order valence-electron chi connectivity index (χ4n) is 0.861. The zero-order valence-electron chi connectivity index (χ0n) is 7.08. The van der Waals surface area contributed by atoms with E-state index in [-0.39, 0.29) is 23.1 Å². The van der Waals surface area contributed by atoms with Crippen LogP contribution in [0.25, 0.3) is 0 Å². The van der Waals surface area contributed by atoms with Crippen molar-refractivity contribution >= 4 is 17.0 Å². The Bertz CT molecular complexity index is 186. The van der Waals surface area contributed by atoms with Crippen LogP contribution in [0, 0.1) is 0 Å². The van der Waals surface area contributed by atoms with Gasteiger partial charge in [-0.3, -0.25) is 0 Å². The molecule has 0 aliphatic carbocycles. The molecule has 0 fully saturated rings. The van der Waals surface area contributed by atoms with Gasteiger partial charge in [-0.1, -0.05) is 6.92 Å². The Morgan fingerprint density at radius 3 is 2.55 bits per heavy atom. The number of aryl methyl sites for hydroxylation is 2. The van der Waals surface area contributed by atoms with Crippen molar-refractivity contribution < 1.29 is 0 Å². The molecule has 0 radical (unpaired) electrons. The molecule has 0 saturated heterocycles. The first-order chi connectivity index (χ1) is 4.34. The first-order valence-electron chi connectivity index (χ1n) is 3.30. The third kappa shape index (κ3) is 3.53. The molecule has 0 aliphatic heterocycles. The molecule has 4 heteroatoms. The lowest BCUT2D eigenvalue weighted by atomic mass is 10.3. The molecule has 0 aliphatic rings. The molecule has 3 nitrogen and oxygen atoms in total. The maximum atomic E-state index is 4.17. The number of hydrogen-bond donors (Lipinski definition) is 1. The van der Waals surface area contributed by atoms with Crippen LogP contribution in [-0.4, -0.2) is 9.55 Å². The SMILES string of the molecule is Br.CCCc1nccn1C.N. The maximum Gasteiger partial charge on any atom is 0.108 e. The van der Waals surface area contributed by atoms with Gasteiger partial charge in [0.15, 0.2) is 0 Å². The summed E-state index contributed by atoms with van der Waals surface area (Å²) in [4.78, 5) is 4.17. The quantitative estimate of drug-likeness (QED) is 0.833. The van der Waals surface area contributed by atoms with Gasteiger partial charge < -0.3 is 10.7 Å². The van der Waals surface area contributed by atoms with Crippen molar-refractivity contribution in [2.24, 2.45) is 7.05 Å². The highest BCUT2D eigenvalue weighted by molar-refractivity contribution is 8.93. The van der Waals surface area contributed by atoms with Gasteiger partial charge in [0.05, 0.1) is 0 Å². The normalized spacial score (nSPS) is 8.18. The molecule has 1 aromatic rings. The molecular formula is C7H16BrN3. The van der Waals surface area contributed by atoms with Crippen LogP contribution < -0.4 is 6.15 Å². The molecule has 0 atom stereocenters. The summed E-state index contributed by atoms with van der Waals surface area (Å²) in [7, 11) is 2.03. The smallest absolute Gasteiger partial charge is 0.108 e. The lowest BCUT2D eigenvalue weighted by Crippen LogP contribution is -1.95. The number of hydrogen-bond acceptors (Lipinski definition) is 2. The van der Waals surface area contributed by atoms with Crippen LogP contribution >= 0.6 is 17.0 Å². The number of rotatable bonds is 2. The van der Waals surface area contributed by atoms with Gasteiger partial charge in [0.25, 0.3) is 0 Å². The van der Waals surface area contributed by atoms with Crippen LogP contribution in [0.1, 0.15) is 19.2 Å². The van der Waals surface area contributed by atoms with E-state index in [4.69, 9.17) is 0 Å². The predicted molar refractivity (Wildman–Crippen MR) is 52.5 cm³/mol. The van der Waals surface area contributed by atoms with Gasteiger partial charge >= 0.3 is 0 Å². The predicted octanol–water partition coefficient (Wildman–Crippen LogP) is 2.11. The number of imidazole rings is 1. The van der Waals surface area contributed by atoms with Crippen molar-refractivity contribution in [3.05, 3.63) is 18.2 Å². The number of nitrogens with zero attached hydrogens (tertiary/aromatic N) is 2. The highest BCUT2D eigenvalue weighted by Gasteiger charge is 1.93. The van der Waals surface area contributed by atoms with E-state index in [9.17, 15) is 0 Å². The first-order valence-corrected chi connectivity index (χ1v) is 3.30. The van der Waals surface area contributed by atoms with E-state index in [1.807, 2.05) is 19.4 Å². The van der Waals surface area contributed by atoms with Crippen molar-refractivity contribution in [3.8, 4) is 0 Å². The molecule has 1 heterocycles. The number of aromatic nitrogens is 2. The molecule has 11 heavy (non-hydrogen) atoms. The zero-order chi connectivity index (χ0) is 6.69. The fourth-order valence-corrected chi connectivity index (χ4v) is 0.861. The molecule has 0 aromatic carbocycles. The summed E-state index contributed by atoms with van der Waals surface area (Å²) in [5, 5.41) is 0. The minimum atomic E-state index is 0. The van der Waals surface area contributed by atoms with E-state index < -0.39 is 0 Å². The van der Waals surface area contributed by atoms with Gasteiger partial charge in [0, 0.05) is 25.9 Å². The highest BCUT2D eigenvalue weighted by Crippen LogP contribution is 1.96. The van der Waals surface area contributed by atoms with Crippen LogP contribution in [0.2, 0.25) is 0 Å². The molecular weight excluding hydrogens is 206 g/mol. The summed E-state index contributed by atoms with van der Waals surface area (Å²) in [6.07, 6.45) is 6.07. The molecule has 0 amide bonds. The topological polar surface area (TPSA) is 52.8 Å². The van der Waals surface area contributed by atoms with E-state index in [1.165, 1.54) is 12.2 Å². The summed E-state index contributed by atoms with van der Waals surface area (Å²) in [6.45, 7) is 2.16. The molecule has 1 rings (SSSR count). The van der Waals surface area contributed by atoms with Crippen molar-refractivity contribution in [1.29, 1.82) is 0 Å². The van der Waals surface area contributed by atoms with Crippen LogP contribution in [0.4, 0.5) is 0 Å². The first kappa shape index (κ1) is 13.3. The second-order valence-electron chi connectivity index (χ2n) is 2.20. The summed E-state index contributed by atoms with van der Waals surface area (Å²) in [5.74, 6) is 1.18. The van der Waals surface area contributed by atoms with Gasteiger partial charge in [-0.15, -0.1) is 17.0 Å². The molecule has 0 bridgehead atoms. The van der Waals surface area contributed by atoms with Crippen LogP contribution in [-0.2, 0) is 13.5 Å². The molecule has 3 N–H and O–H groups in total. The second-order valence-corrected chi connectivity index (χ2v) is 2.20.